The minimum atomic E-state index is -0.245. The molecule has 0 amide bonds. The first-order chi connectivity index (χ1) is 9.13. The first-order valence-electron chi connectivity index (χ1n) is 6.91. The summed E-state index contributed by atoms with van der Waals surface area (Å²) in [7, 11) is 0. The standard InChI is InChI=1S/C15H22FNO2/c1-11(2)17-10-12-7-13(16)9-15(8-12)19-14-3-5-18-6-4-14/h7-9,11,14,17H,3-6,10H2,1-2H3. The first kappa shape index (κ1) is 14.3. The normalized spacial score (nSPS) is 16.8. The fourth-order valence-corrected chi connectivity index (χ4v) is 2.10. The molecular weight excluding hydrogens is 245 g/mol. The van der Waals surface area contributed by atoms with Gasteiger partial charge in [-0.2, -0.15) is 0 Å². The lowest BCUT2D eigenvalue weighted by atomic mass is 10.1. The molecule has 0 aromatic heterocycles. The second-order valence-corrected chi connectivity index (χ2v) is 5.26. The summed E-state index contributed by atoms with van der Waals surface area (Å²) >= 11 is 0. The van der Waals surface area contributed by atoms with E-state index in [1.54, 1.807) is 6.07 Å². The molecule has 0 saturated carbocycles. The van der Waals surface area contributed by atoms with E-state index in [9.17, 15) is 4.39 Å². The maximum Gasteiger partial charge on any atom is 0.127 e. The van der Waals surface area contributed by atoms with Gasteiger partial charge in [0.1, 0.15) is 17.7 Å². The quantitative estimate of drug-likeness (QED) is 0.890. The highest BCUT2D eigenvalue weighted by Crippen LogP contribution is 2.21. The molecule has 1 aromatic rings. The topological polar surface area (TPSA) is 30.5 Å². The van der Waals surface area contributed by atoms with Crippen LogP contribution in [-0.4, -0.2) is 25.4 Å². The molecular formula is C15H22FNO2. The zero-order valence-corrected chi connectivity index (χ0v) is 11.6. The molecule has 0 bridgehead atoms. The minimum absolute atomic E-state index is 0.140. The molecule has 106 valence electrons. The summed E-state index contributed by atoms with van der Waals surface area (Å²) in [5.74, 6) is 0.373. The first-order valence-corrected chi connectivity index (χ1v) is 6.91. The molecule has 1 fully saturated rings. The lowest BCUT2D eigenvalue weighted by Gasteiger charge is -2.23. The lowest BCUT2D eigenvalue weighted by Crippen LogP contribution is -2.26. The number of rotatable bonds is 5. The molecule has 0 unspecified atom stereocenters. The Morgan fingerprint density at radius 2 is 2.05 bits per heavy atom. The molecule has 1 saturated heterocycles. The Labute approximate surface area is 114 Å². The summed E-state index contributed by atoms with van der Waals surface area (Å²) in [6, 6.07) is 5.29. The highest BCUT2D eigenvalue weighted by Gasteiger charge is 2.15. The monoisotopic (exact) mass is 267 g/mol. The van der Waals surface area contributed by atoms with Crippen molar-refractivity contribution in [1.82, 2.24) is 5.32 Å². The SMILES string of the molecule is CC(C)NCc1cc(F)cc(OC2CCOCC2)c1. The molecule has 0 atom stereocenters. The predicted octanol–water partition coefficient (Wildman–Crippen LogP) is 2.88. The van der Waals surface area contributed by atoms with Gasteiger partial charge in [0.15, 0.2) is 0 Å². The fourth-order valence-electron chi connectivity index (χ4n) is 2.10. The van der Waals surface area contributed by atoms with Crippen LogP contribution < -0.4 is 10.1 Å². The van der Waals surface area contributed by atoms with Crippen LogP contribution in [0, 0.1) is 5.82 Å². The van der Waals surface area contributed by atoms with E-state index < -0.39 is 0 Å². The molecule has 1 aliphatic heterocycles. The molecule has 1 aliphatic rings. The molecule has 0 aliphatic carbocycles. The maximum absolute atomic E-state index is 13.6. The summed E-state index contributed by atoms with van der Waals surface area (Å²) in [5, 5.41) is 3.28. The van der Waals surface area contributed by atoms with E-state index in [4.69, 9.17) is 9.47 Å². The Bertz CT molecular complexity index is 403. The van der Waals surface area contributed by atoms with E-state index in [1.807, 2.05) is 6.07 Å². The summed E-state index contributed by atoms with van der Waals surface area (Å²) in [4.78, 5) is 0. The Balaban J connectivity index is 1.99. The second-order valence-electron chi connectivity index (χ2n) is 5.26. The molecule has 0 radical (unpaired) electrons. The summed E-state index contributed by atoms with van der Waals surface area (Å²) in [5.41, 5.74) is 0.913. The van der Waals surface area contributed by atoms with Gasteiger partial charge >= 0.3 is 0 Å². The molecule has 3 nitrogen and oxygen atoms in total. The fraction of sp³-hybridized carbons (Fsp3) is 0.600. The number of benzene rings is 1. The third-order valence-electron chi connectivity index (χ3n) is 3.12. The van der Waals surface area contributed by atoms with Crippen LogP contribution in [0.3, 0.4) is 0 Å². The summed E-state index contributed by atoms with van der Waals surface area (Å²) in [6.45, 7) is 6.24. The molecule has 1 heterocycles. The molecule has 1 aromatic carbocycles. The van der Waals surface area contributed by atoms with Gasteiger partial charge in [0.25, 0.3) is 0 Å². The van der Waals surface area contributed by atoms with Crippen LogP contribution >= 0.6 is 0 Å². The smallest absolute Gasteiger partial charge is 0.127 e. The molecule has 0 spiro atoms. The van der Waals surface area contributed by atoms with E-state index in [1.165, 1.54) is 6.07 Å². The molecule has 19 heavy (non-hydrogen) atoms. The van der Waals surface area contributed by atoms with Crippen molar-refractivity contribution < 1.29 is 13.9 Å². The number of nitrogens with one attached hydrogen (secondary N) is 1. The average molecular weight is 267 g/mol. The van der Waals surface area contributed by atoms with Crippen molar-refractivity contribution >= 4 is 0 Å². The Kier molecular flexibility index (Phi) is 5.16. The van der Waals surface area contributed by atoms with Crippen molar-refractivity contribution in [2.24, 2.45) is 0 Å². The third-order valence-corrected chi connectivity index (χ3v) is 3.12. The highest BCUT2D eigenvalue weighted by molar-refractivity contribution is 5.29. The predicted molar refractivity (Wildman–Crippen MR) is 72.8 cm³/mol. The van der Waals surface area contributed by atoms with Crippen LogP contribution in [0.15, 0.2) is 18.2 Å². The van der Waals surface area contributed by atoms with Gasteiger partial charge in [0.05, 0.1) is 13.2 Å². The zero-order chi connectivity index (χ0) is 13.7. The lowest BCUT2D eigenvalue weighted by molar-refractivity contribution is 0.0254. The van der Waals surface area contributed by atoms with Gasteiger partial charge in [-0.15, -0.1) is 0 Å². The van der Waals surface area contributed by atoms with E-state index in [2.05, 4.69) is 19.2 Å². The summed E-state index contributed by atoms with van der Waals surface area (Å²) in [6.07, 6.45) is 1.88. The Morgan fingerprint density at radius 1 is 1.32 bits per heavy atom. The van der Waals surface area contributed by atoms with Gasteiger partial charge in [-0.25, -0.2) is 4.39 Å². The van der Waals surface area contributed by atoms with Gasteiger partial charge in [0.2, 0.25) is 0 Å². The number of ether oxygens (including phenoxy) is 2. The Hall–Kier alpha value is -1.13. The van der Waals surface area contributed by atoms with Gasteiger partial charge in [0, 0.05) is 31.5 Å². The maximum atomic E-state index is 13.6. The zero-order valence-electron chi connectivity index (χ0n) is 11.6. The second kappa shape index (κ2) is 6.87. The highest BCUT2D eigenvalue weighted by atomic mass is 19.1. The van der Waals surface area contributed by atoms with E-state index in [0.717, 1.165) is 31.6 Å². The average Bonchev–Trinajstić information content (AvgIpc) is 2.37. The van der Waals surface area contributed by atoms with E-state index >= 15 is 0 Å². The van der Waals surface area contributed by atoms with Crippen molar-refractivity contribution in [3.05, 3.63) is 29.6 Å². The van der Waals surface area contributed by atoms with Crippen LogP contribution in [0.4, 0.5) is 4.39 Å². The van der Waals surface area contributed by atoms with Crippen LogP contribution in [0.5, 0.6) is 5.75 Å². The van der Waals surface area contributed by atoms with Crippen molar-refractivity contribution in [1.29, 1.82) is 0 Å². The van der Waals surface area contributed by atoms with Crippen LogP contribution in [0.25, 0.3) is 0 Å². The molecule has 4 heteroatoms. The Morgan fingerprint density at radius 3 is 2.74 bits per heavy atom. The van der Waals surface area contributed by atoms with Crippen LogP contribution in [0.1, 0.15) is 32.3 Å². The third kappa shape index (κ3) is 4.80. The van der Waals surface area contributed by atoms with Gasteiger partial charge in [-0.3, -0.25) is 0 Å². The van der Waals surface area contributed by atoms with E-state index in [0.29, 0.717) is 18.3 Å². The minimum Gasteiger partial charge on any atom is -0.490 e. The van der Waals surface area contributed by atoms with E-state index in [-0.39, 0.29) is 11.9 Å². The number of hydrogen-bond acceptors (Lipinski definition) is 3. The molecule has 1 N–H and O–H groups in total. The van der Waals surface area contributed by atoms with Crippen molar-refractivity contribution in [2.45, 2.75) is 45.4 Å². The van der Waals surface area contributed by atoms with Gasteiger partial charge < -0.3 is 14.8 Å². The number of halogens is 1. The van der Waals surface area contributed by atoms with Crippen molar-refractivity contribution in [2.75, 3.05) is 13.2 Å². The van der Waals surface area contributed by atoms with Crippen LogP contribution in [0.2, 0.25) is 0 Å². The largest absolute Gasteiger partial charge is 0.490 e. The van der Waals surface area contributed by atoms with Gasteiger partial charge in [-0.05, 0) is 17.7 Å². The van der Waals surface area contributed by atoms with Crippen molar-refractivity contribution in [3.8, 4) is 5.75 Å². The van der Waals surface area contributed by atoms with Crippen LogP contribution in [-0.2, 0) is 11.3 Å². The van der Waals surface area contributed by atoms with Crippen molar-refractivity contribution in [3.63, 3.8) is 0 Å². The molecule has 2 rings (SSSR count). The number of hydrogen-bond donors (Lipinski definition) is 1. The van der Waals surface area contributed by atoms with Gasteiger partial charge in [-0.1, -0.05) is 13.8 Å². The summed E-state index contributed by atoms with van der Waals surface area (Å²) < 4.78 is 24.7.